The Bertz CT molecular complexity index is 315. The summed E-state index contributed by atoms with van der Waals surface area (Å²) in [4.78, 5) is 0. The molecule has 0 aliphatic carbocycles. The van der Waals surface area contributed by atoms with Gasteiger partial charge < -0.3 is 0 Å². The number of thiol groups is 1. The van der Waals surface area contributed by atoms with Gasteiger partial charge in [-0.05, 0) is 19.3 Å². The molecule has 0 aliphatic rings. The number of hydrogen-bond acceptors (Lipinski definition) is 3. The molecule has 0 aromatic heterocycles. The molecule has 0 saturated carbocycles. The van der Waals surface area contributed by atoms with Crippen LogP contribution in [0.5, 0.6) is 0 Å². The van der Waals surface area contributed by atoms with Gasteiger partial charge in [-0.25, -0.2) is 0 Å². The molecule has 0 fully saturated rings. The van der Waals surface area contributed by atoms with Crippen LogP contribution in [0.3, 0.4) is 0 Å². The first-order valence-corrected chi connectivity index (χ1v) is 10.7. The molecule has 3 nitrogen and oxygen atoms in total. The van der Waals surface area contributed by atoms with Gasteiger partial charge in [-0.15, -0.1) is 0 Å². The molecule has 0 amide bonds. The monoisotopic (exact) mass is 338 g/mol. The Labute approximate surface area is 137 Å². The van der Waals surface area contributed by atoms with Gasteiger partial charge in [0.1, 0.15) is 0 Å². The Balaban J connectivity index is 3.21. The largest absolute Gasteiger partial charge is 0.286 e. The molecule has 1 atom stereocenters. The number of rotatable bonds is 15. The Morgan fingerprint density at radius 3 is 1.71 bits per heavy atom. The van der Waals surface area contributed by atoms with E-state index in [2.05, 4.69) is 19.6 Å². The van der Waals surface area contributed by atoms with Gasteiger partial charge in [0, 0.05) is 5.25 Å². The highest BCUT2D eigenvalue weighted by Gasteiger charge is 2.04. The van der Waals surface area contributed by atoms with Gasteiger partial charge in [0.05, 0.1) is 5.75 Å². The summed E-state index contributed by atoms with van der Waals surface area (Å²) in [6, 6.07) is 0. The molecule has 0 aromatic rings. The van der Waals surface area contributed by atoms with Gasteiger partial charge in [-0.2, -0.15) is 21.0 Å². The van der Waals surface area contributed by atoms with Crippen molar-refractivity contribution in [3.05, 3.63) is 0 Å². The standard InChI is InChI=1S/C16H34O3S2/c1-2-3-4-10-13-16(20)14-11-8-6-5-7-9-12-15-21(17,18)19/h16,20H,2-15H2,1H3,(H,17,18,19). The molecule has 0 aromatic carbocycles. The summed E-state index contributed by atoms with van der Waals surface area (Å²) in [5.41, 5.74) is 0. The van der Waals surface area contributed by atoms with Gasteiger partial charge in [0.15, 0.2) is 0 Å². The van der Waals surface area contributed by atoms with Gasteiger partial charge in [0.2, 0.25) is 0 Å². The van der Waals surface area contributed by atoms with E-state index in [4.69, 9.17) is 4.55 Å². The summed E-state index contributed by atoms with van der Waals surface area (Å²) in [5.74, 6) is -0.0909. The third-order valence-electron chi connectivity index (χ3n) is 3.83. The van der Waals surface area contributed by atoms with Gasteiger partial charge in [-0.3, -0.25) is 4.55 Å². The first kappa shape index (κ1) is 21.3. The molecule has 0 radical (unpaired) electrons. The lowest BCUT2D eigenvalue weighted by atomic mass is 10.0. The fourth-order valence-corrected chi connectivity index (χ4v) is 3.43. The summed E-state index contributed by atoms with van der Waals surface area (Å²) in [6.07, 6.45) is 15.2. The molecule has 0 spiro atoms. The van der Waals surface area contributed by atoms with Crippen molar-refractivity contribution in [2.75, 3.05) is 5.75 Å². The fourth-order valence-electron chi connectivity index (χ4n) is 2.50. The van der Waals surface area contributed by atoms with E-state index in [0.29, 0.717) is 11.7 Å². The second kappa shape index (κ2) is 13.9. The van der Waals surface area contributed by atoms with E-state index in [0.717, 1.165) is 12.8 Å². The van der Waals surface area contributed by atoms with Crippen LogP contribution in [0, 0.1) is 0 Å². The van der Waals surface area contributed by atoms with Crippen molar-refractivity contribution < 1.29 is 13.0 Å². The van der Waals surface area contributed by atoms with Crippen LogP contribution in [0.1, 0.15) is 90.4 Å². The zero-order valence-electron chi connectivity index (χ0n) is 13.6. The Morgan fingerprint density at radius 2 is 1.24 bits per heavy atom. The summed E-state index contributed by atoms with van der Waals surface area (Å²) >= 11 is 4.65. The maximum atomic E-state index is 10.5. The lowest BCUT2D eigenvalue weighted by molar-refractivity contribution is 0.478. The summed E-state index contributed by atoms with van der Waals surface area (Å²) < 4.78 is 29.7. The molecule has 0 rings (SSSR count). The molecule has 0 bridgehead atoms. The minimum atomic E-state index is -3.76. The third-order valence-corrected chi connectivity index (χ3v) is 5.15. The van der Waals surface area contributed by atoms with Crippen molar-refractivity contribution in [3.8, 4) is 0 Å². The fraction of sp³-hybridized carbons (Fsp3) is 1.00. The Hall–Kier alpha value is 0.260. The van der Waals surface area contributed by atoms with E-state index in [-0.39, 0.29) is 5.75 Å². The molecule has 128 valence electrons. The molecule has 0 aliphatic heterocycles. The second-order valence-electron chi connectivity index (χ2n) is 6.05. The summed E-state index contributed by atoms with van der Waals surface area (Å²) in [5, 5.41) is 0.566. The lowest BCUT2D eigenvalue weighted by Gasteiger charge is -2.10. The quantitative estimate of drug-likeness (QED) is 0.243. The minimum Gasteiger partial charge on any atom is -0.286 e. The first-order valence-electron chi connectivity index (χ1n) is 8.59. The molecular formula is C16H34O3S2. The van der Waals surface area contributed by atoms with Crippen LogP contribution in [0.15, 0.2) is 0 Å². The molecule has 5 heteroatoms. The van der Waals surface area contributed by atoms with E-state index in [9.17, 15) is 8.42 Å². The second-order valence-corrected chi connectivity index (χ2v) is 8.36. The molecule has 1 unspecified atom stereocenters. The highest BCUT2D eigenvalue weighted by molar-refractivity contribution is 7.85. The minimum absolute atomic E-state index is 0.0909. The Morgan fingerprint density at radius 1 is 0.810 bits per heavy atom. The summed E-state index contributed by atoms with van der Waals surface area (Å²) in [6.45, 7) is 2.24. The van der Waals surface area contributed by atoms with Crippen molar-refractivity contribution in [2.24, 2.45) is 0 Å². The van der Waals surface area contributed by atoms with Crippen LogP contribution in [0.2, 0.25) is 0 Å². The number of unbranched alkanes of at least 4 members (excludes halogenated alkanes) is 9. The topological polar surface area (TPSA) is 54.4 Å². The van der Waals surface area contributed by atoms with Gasteiger partial charge in [-0.1, -0.05) is 71.1 Å². The van der Waals surface area contributed by atoms with Gasteiger partial charge in [0.25, 0.3) is 10.1 Å². The van der Waals surface area contributed by atoms with E-state index in [1.54, 1.807) is 0 Å². The van der Waals surface area contributed by atoms with Crippen LogP contribution in [-0.4, -0.2) is 24.0 Å². The van der Waals surface area contributed by atoms with Crippen LogP contribution < -0.4 is 0 Å². The Kier molecular flexibility index (Phi) is 14.1. The summed E-state index contributed by atoms with van der Waals surface area (Å²) in [7, 11) is -3.76. The maximum Gasteiger partial charge on any atom is 0.264 e. The normalized spacial score (nSPS) is 13.5. The van der Waals surface area contributed by atoms with E-state index in [1.165, 1.54) is 64.2 Å². The molecule has 0 heterocycles. The van der Waals surface area contributed by atoms with Crippen molar-refractivity contribution in [1.82, 2.24) is 0 Å². The maximum absolute atomic E-state index is 10.5. The zero-order valence-corrected chi connectivity index (χ0v) is 15.3. The SMILES string of the molecule is CCCCCCC(S)CCCCCCCCCS(=O)(=O)O. The van der Waals surface area contributed by atoms with Crippen LogP contribution >= 0.6 is 12.6 Å². The third kappa shape index (κ3) is 18.2. The van der Waals surface area contributed by atoms with Crippen molar-refractivity contribution in [1.29, 1.82) is 0 Å². The zero-order chi connectivity index (χ0) is 16.0. The van der Waals surface area contributed by atoms with E-state index >= 15 is 0 Å². The predicted octanol–water partition coefficient (Wildman–Crippen LogP) is 5.26. The van der Waals surface area contributed by atoms with E-state index in [1.807, 2.05) is 0 Å². The smallest absolute Gasteiger partial charge is 0.264 e. The first-order chi connectivity index (χ1) is 9.95. The van der Waals surface area contributed by atoms with Crippen LogP contribution in [0.4, 0.5) is 0 Å². The van der Waals surface area contributed by atoms with E-state index < -0.39 is 10.1 Å². The number of hydrogen-bond donors (Lipinski definition) is 2. The predicted molar refractivity (Wildman–Crippen MR) is 94.9 cm³/mol. The average Bonchev–Trinajstić information content (AvgIpc) is 2.40. The van der Waals surface area contributed by atoms with Crippen LogP contribution in [-0.2, 0) is 10.1 Å². The molecule has 21 heavy (non-hydrogen) atoms. The molecular weight excluding hydrogens is 304 g/mol. The highest BCUT2D eigenvalue weighted by Crippen LogP contribution is 2.17. The lowest BCUT2D eigenvalue weighted by Crippen LogP contribution is -2.03. The van der Waals surface area contributed by atoms with Crippen molar-refractivity contribution in [2.45, 2.75) is 95.6 Å². The van der Waals surface area contributed by atoms with Crippen molar-refractivity contribution in [3.63, 3.8) is 0 Å². The highest BCUT2D eigenvalue weighted by atomic mass is 32.2. The van der Waals surface area contributed by atoms with Gasteiger partial charge >= 0.3 is 0 Å². The molecule has 0 saturated heterocycles. The average molecular weight is 339 g/mol. The van der Waals surface area contributed by atoms with Crippen LogP contribution in [0.25, 0.3) is 0 Å². The molecule has 1 N–H and O–H groups in total. The van der Waals surface area contributed by atoms with Crippen molar-refractivity contribution >= 4 is 22.7 Å².